The maximum Gasteiger partial charge on any atom is 0.433 e. The maximum atomic E-state index is 13.5. The number of amidine groups is 1. The van der Waals surface area contributed by atoms with Gasteiger partial charge < -0.3 is 10.5 Å². The number of hydrogen-bond acceptors (Lipinski definition) is 5. The average Bonchev–Trinajstić information content (AvgIpc) is 3.06. The average molecular weight is 438 g/mol. The van der Waals surface area contributed by atoms with E-state index in [4.69, 9.17) is 15.5 Å². The van der Waals surface area contributed by atoms with Crippen LogP contribution in [0, 0.1) is 5.92 Å². The number of benzene rings is 1. The van der Waals surface area contributed by atoms with Gasteiger partial charge in [-0.25, -0.2) is 4.99 Å². The number of hydrogen-bond donors (Lipinski definition) is 1. The number of fused-ring (bicyclic) bond motifs is 1. The fraction of sp³-hybridized carbons (Fsp3) is 0.292. The molecule has 1 unspecified atom stereocenters. The minimum atomic E-state index is -4.59. The summed E-state index contributed by atoms with van der Waals surface area (Å²) in [4.78, 5) is 12.5. The Bertz CT molecular complexity index is 1190. The molecule has 0 radical (unpaired) electrons. The Morgan fingerprint density at radius 1 is 1.00 bits per heavy atom. The molecule has 1 atom stereocenters. The van der Waals surface area contributed by atoms with Crippen LogP contribution in [0.2, 0.25) is 0 Å². The molecule has 3 heterocycles. The van der Waals surface area contributed by atoms with E-state index in [1.54, 1.807) is 18.3 Å². The third kappa shape index (κ3) is 3.39. The van der Waals surface area contributed by atoms with Crippen LogP contribution in [0.15, 0.2) is 65.9 Å². The van der Waals surface area contributed by atoms with Gasteiger partial charge in [-0.15, -0.1) is 0 Å². The highest BCUT2D eigenvalue weighted by atomic mass is 19.4. The molecule has 5 rings (SSSR count). The number of rotatable bonds is 5. The van der Waals surface area contributed by atoms with Gasteiger partial charge in [0.15, 0.2) is 0 Å². The van der Waals surface area contributed by atoms with Crippen molar-refractivity contribution in [1.82, 2.24) is 9.97 Å². The molecular formula is C24H21F3N4O. The molecule has 0 amide bonds. The molecule has 1 aliphatic heterocycles. The SMILES string of the molecule is NC1=NC(c2cccc(OCC3CCC3)c2)(c2ccnc(C(F)(F)F)c2)c2cccnc21. The molecule has 5 nitrogen and oxygen atoms in total. The van der Waals surface area contributed by atoms with Crippen LogP contribution in [0.25, 0.3) is 0 Å². The molecule has 2 aromatic heterocycles. The lowest BCUT2D eigenvalue weighted by Gasteiger charge is -2.30. The van der Waals surface area contributed by atoms with E-state index >= 15 is 0 Å². The molecule has 1 aliphatic carbocycles. The van der Waals surface area contributed by atoms with Crippen molar-refractivity contribution in [3.63, 3.8) is 0 Å². The molecule has 2 N–H and O–H groups in total. The van der Waals surface area contributed by atoms with Crippen LogP contribution in [-0.2, 0) is 11.7 Å². The van der Waals surface area contributed by atoms with E-state index in [2.05, 4.69) is 9.97 Å². The van der Waals surface area contributed by atoms with Gasteiger partial charge in [0, 0.05) is 18.0 Å². The Morgan fingerprint density at radius 3 is 2.56 bits per heavy atom. The highest BCUT2D eigenvalue weighted by Gasteiger charge is 2.45. The first-order chi connectivity index (χ1) is 15.4. The van der Waals surface area contributed by atoms with Crippen LogP contribution in [0.5, 0.6) is 5.75 Å². The number of alkyl halides is 3. The minimum Gasteiger partial charge on any atom is -0.493 e. The molecule has 1 fully saturated rings. The largest absolute Gasteiger partial charge is 0.493 e. The number of aromatic nitrogens is 2. The summed E-state index contributed by atoms with van der Waals surface area (Å²) in [7, 11) is 0. The Morgan fingerprint density at radius 2 is 1.81 bits per heavy atom. The molecule has 8 heteroatoms. The van der Waals surface area contributed by atoms with E-state index in [0.717, 1.165) is 25.1 Å². The minimum absolute atomic E-state index is 0.173. The second kappa shape index (κ2) is 7.62. The van der Waals surface area contributed by atoms with E-state index in [0.29, 0.717) is 40.7 Å². The molecule has 3 aromatic rings. The molecule has 0 saturated heterocycles. The van der Waals surface area contributed by atoms with Crippen molar-refractivity contribution in [1.29, 1.82) is 0 Å². The molecule has 32 heavy (non-hydrogen) atoms. The third-order valence-corrected chi connectivity index (χ3v) is 6.16. The molecule has 0 bridgehead atoms. The number of halogens is 3. The fourth-order valence-electron chi connectivity index (χ4n) is 4.30. The summed E-state index contributed by atoms with van der Waals surface area (Å²) in [6.07, 6.45) is 1.68. The van der Waals surface area contributed by atoms with Crippen molar-refractivity contribution >= 4 is 5.84 Å². The van der Waals surface area contributed by atoms with Gasteiger partial charge in [0.2, 0.25) is 0 Å². The molecule has 2 aliphatic rings. The summed E-state index contributed by atoms with van der Waals surface area (Å²) in [5, 5.41) is 0. The van der Waals surface area contributed by atoms with Gasteiger partial charge in [0.1, 0.15) is 28.5 Å². The van der Waals surface area contributed by atoms with Crippen LogP contribution in [-0.4, -0.2) is 22.4 Å². The second-order valence-electron chi connectivity index (χ2n) is 8.17. The van der Waals surface area contributed by atoms with Gasteiger partial charge in [-0.2, -0.15) is 13.2 Å². The second-order valence-corrected chi connectivity index (χ2v) is 8.17. The lowest BCUT2D eigenvalue weighted by atomic mass is 9.78. The summed E-state index contributed by atoms with van der Waals surface area (Å²) in [6.45, 7) is 0.619. The summed E-state index contributed by atoms with van der Waals surface area (Å²) in [5.74, 6) is 1.36. The fourth-order valence-corrected chi connectivity index (χ4v) is 4.30. The molecule has 1 saturated carbocycles. The van der Waals surface area contributed by atoms with Crippen molar-refractivity contribution in [2.45, 2.75) is 31.0 Å². The summed E-state index contributed by atoms with van der Waals surface area (Å²) >= 11 is 0. The van der Waals surface area contributed by atoms with Crippen LogP contribution in [0.4, 0.5) is 13.2 Å². The quantitative estimate of drug-likeness (QED) is 0.628. The number of pyridine rings is 2. The highest BCUT2D eigenvalue weighted by molar-refractivity contribution is 6.01. The first kappa shape index (κ1) is 20.5. The Labute approximate surface area is 183 Å². The normalized spacial score (nSPS) is 20.4. The summed E-state index contributed by atoms with van der Waals surface area (Å²) in [6, 6.07) is 13.4. The summed E-state index contributed by atoms with van der Waals surface area (Å²) in [5.41, 5.74) is 5.96. The van der Waals surface area contributed by atoms with Crippen LogP contribution in [0.1, 0.15) is 47.3 Å². The number of ether oxygens (including phenoxy) is 1. The zero-order valence-corrected chi connectivity index (χ0v) is 17.1. The molecule has 164 valence electrons. The van der Waals surface area contributed by atoms with E-state index in [1.807, 2.05) is 24.3 Å². The molecular weight excluding hydrogens is 417 g/mol. The molecule has 0 spiro atoms. The zero-order chi connectivity index (χ0) is 22.3. The van der Waals surface area contributed by atoms with Crippen molar-refractivity contribution in [3.8, 4) is 5.75 Å². The van der Waals surface area contributed by atoms with Crippen LogP contribution in [0.3, 0.4) is 0 Å². The van der Waals surface area contributed by atoms with Crippen molar-refractivity contribution in [3.05, 3.63) is 89.0 Å². The van der Waals surface area contributed by atoms with Gasteiger partial charge >= 0.3 is 6.18 Å². The monoisotopic (exact) mass is 438 g/mol. The smallest absolute Gasteiger partial charge is 0.433 e. The predicted octanol–water partition coefficient (Wildman–Crippen LogP) is 4.69. The Kier molecular flexibility index (Phi) is 4.87. The lowest BCUT2D eigenvalue weighted by molar-refractivity contribution is -0.141. The van der Waals surface area contributed by atoms with E-state index in [-0.39, 0.29) is 5.84 Å². The maximum absolute atomic E-state index is 13.5. The Hall–Kier alpha value is -3.42. The van der Waals surface area contributed by atoms with Gasteiger partial charge in [-0.3, -0.25) is 9.97 Å². The van der Waals surface area contributed by atoms with Gasteiger partial charge in [0.25, 0.3) is 0 Å². The number of nitrogens with two attached hydrogens (primary N) is 1. The third-order valence-electron chi connectivity index (χ3n) is 6.16. The van der Waals surface area contributed by atoms with E-state index in [9.17, 15) is 13.2 Å². The van der Waals surface area contributed by atoms with E-state index < -0.39 is 17.4 Å². The van der Waals surface area contributed by atoms with Gasteiger partial charge in [-0.05, 0) is 60.2 Å². The zero-order valence-electron chi connectivity index (χ0n) is 17.1. The van der Waals surface area contributed by atoms with Crippen LogP contribution < -0.4 is 10.5 Å². The van der Waals surface area contributed by atoms with Gasteiger partial charge in [0.05, 0.1) is 6.61 Å². The topological polar surface area (TPSA) is 73.4 Å². The Balaban J connectivity index is 1.66. The summed E-state index contributed by atoms with van der Waals surface area (Å²) < 4.78 is 46.4. The lowest BCUT2D eigenvalue weighted by Crippen LogP contribution is -2.26. The van der Waals surface area contributed by atoms with Crippen molar-refractivity contribution < 1.29 is 17.9 Å². The van der Waals surface area contributed by atoms with Crippen molar-refractivity contribution in [2.75, 3.05) is 6.61 Å². The van der Waals surface area contributed by atoms with Gasteiger partial charge in [-0.1, -0.05) is 24.6 Å². The van der Waals surface area contributed by atoms with Crippen molar-refractivity contribution in [2.24, 2.45) is 16.6 Å². The predicted molar refractivity (Wildman–Crippen MR) is 113 cm³/mol. The standard InChI is InChI=1S/C24H21F3N4O/c25-24(26,27)20-13-17(9-11-29-20)23(19-8-3-10-30-21(19)22(28)31-23)16-6-2-7-18(12-16)32-14-15-4-1-5-15/h2-3,6-13,15H,1,4-5,14H2,(H2,28,31). The van der Waals surface area contributed by atoms with Crippen LogP contribution >= 0.6 is 0 Å². The molecule has 1 aromatic carbocycles. The highest BCUT2D eigenvalue weighted by Crippen LogP contribution is 2.46. The first-order valence-corrected chi connectivity index (χ1v) is 10.5. The number of aliphatic imine (C=N–C) groups is 1. The van der Waals surface area contributed by atoms with E-state index in [1.165, 1.54) is 12.5 Å². The first-order valence-electron chi connectivity index (χ1n) is 10.5. The number of nitrogens with zero attached hydrogens (tertiary/aromatic N) is 3.